The highest BCUT2D eigenvalue weighted by Crippen LogP contribution is 2.38. The number of H-pyrrole nitrogens is 1. The fourth-order valence-electron chi connectivity index (χ4n) is 4.40. The van der Waals surface area contributed by atoms with Gasteiger partial charge >= 0.3 is 0 Å². The first-order valence-corrected chi connectivity index (χ1v) is 13.1. The van der Waals surface area contributed by atoms with E-state index in [1.807, 2.05) is 41.8 Å². The third kappa shape index (κ3) is 4.18. The van der Waals surface area contributed by atoms with Gasteiger partial charge in [-0.25, -0.2) is 4.98 Å². The van der Waals surface area contributed by atoms with Crippen LogP contribution in [0.25, 0.3) is 21.6 Å². The highest BCUT2D eigenvalue weighted by Gasteiger charge is 2.25. The molecule has 34 heavy (non-hydrogen) atoms. The Hall–Kier alpha value is -2.91. The van der Waals surface area contributed by atoms with E-state index >= 15 is 0 Å². The summed E-state index contributed by atoms with van der Waals surface area (Å²) in [5, 5.41) is 10.3. The number of methoxy groups -OCH3 is 1. The topological polar surface area (TPSA) is 85.7 Å². The lowest BCUT2D eigenvalue weighted by Crippen LogP contribution is -2.15. The quantitative estimate of drug-likeness (QED) is 0.273. The maximum atomic E-state index is 13.0. The van der Waals surface area contributed by atoms with Gasteiger partial charge in [0.15, 0.2) is 11.0 Å². The van der Waals surface area contributed by atoms with E-state index < -0.39 is 0 Å². The molecule has 1 aromatic carbocycles. The lowest BCUT2D eigenvalue weighted by Gasteiger charge is -2.17. The molecule has 0 aliphatic heterocycles. The zero-order valence-corrected chi connectivity index (χ0v) is 21.1. The van der Waals surface area contributed by atoms with Crippen LogP contribution in [0.5, 0.6) is 5.75 Å². The first-order valence-electron chi connectivity index (χ1n) is 11.4. The Bertz CT molecular complexity index is 1400. The van der Waals surface area contributed by atoms with Gasteiger partial charge in [-0.1, -0.05) is 24.8 Å². The summed E-state index contributed by atoms with van der Waals surface area (Å²) in [7, 11) is 1.65. The van der Waals surface area contributed by atoms with E-state index in [0.717, 1.165) is 51.8 Å². The number of hydrogen-bond donors (Lipinski definition) is 1. The van der Waals surface area contributed by atoms with Crippen LogP contribution >= 0.6 is 23.1 Å². The third-order valence-corrected chi connectivity index (χ3v) is 8.47. The summed E-state index contributed by atoms with van der Waals surface area (Å²) in [5.41, 5.74) is 2.11. The van der Waals surface area contributed by atoms with Gasteiger partial charge in [0.05, 0.1) is 17.7 Å². The van der Waals surface area contributed by atoms with Gasteiger partial charge in [-0.2, -0.15) is 0 Å². The number of ether oxygens (including phenoxy) is 1. The maximum absolute atomic E-state index is 13.0. The maximum Gasteiger partial charge on any atom is 0.259 e. The van der Waals surface area contributed by atoms with E-state index in [1.165, 1.54) is 22.2 Å². The molecule has 3 heterocycles. The van der Waals surface area contributed by atoms with Crippen molar-refractivity contribution in [2.45, 2.75) is 50.1 Å². The molecule has 0 spiro atoms. The van der Waals surface area contributed by atoms with Gasteiger partial charge in [0.2, 0.25) is 0 Å². The monoisotopic (exact) mass is 493 g/mol. The zero-order valence-electron chi connectivity index (χ0n) is 19.5. The normalized spacial score (nSPS) is 16.4. The van der Waals surface area contributed by atoms with Gasteiger partial charge in [0.1, 0.15) is 16.4 Å². The molecule has 1 N–H and O–H groups in total. The van der Waals surface area contributed by atoms with Gasteiger partial charge in [0.25, 0.3) is 5.56 Å². The first-order chi connectivity index (χ1) is 16.5. The van der Waals surface area contributed by atoms with Crippen molar-refractivity contribution < 1.29 is 4.74 Å². The predicted molar refractivity (Wildman–Crippen MR) is 138 cm³/mol. The number of thioether (sulfide) groups is 1. The van der Waals surface area contributed by atoms with E-state index in [1.54, 1.807) is 18.4 Å². The molecule has 0 radical (unpaired) electrons. The average Bonchev–Trinajstić information content (AvgIpc) is 3.40. The summed E-state index contributed by atoms with van der Waals surface area (Å²) in [4.78, 5) is 23.1. The van der Waals surface area contributed by atoms with Crippen LogP contribution in [0.4, 0.5) is 0 Å². The number of thiophene rings is 1. The van der Waals surface area contributed by atoms with Crippen LogP contribution < -0.4 is 10.3 Å². The Morgan fingerprint density at radius 3 is 2.88 bits per heavy atom. The van der Waals surface area contributed by atoms with Crippen molar-refractivity contribution in [2.24, 2.45) is 5.92 Å². The largest absolute Gasteiger partial charge is 0.497 e. The van der Waals surface area contributed by atoms with E-state index in [2.05, 4.69) is 28.7 Å². The van der Waals surface area contributed by atoms with Gasteiger partial charge in [0, 0.05) is 17.0 Å². The minimum atomic E-state index is -0.105. The molecule has 176 valence electrons. The summed E-state index contributed by atoms with van der Waals surface area (Å²) in [5.74, 6) is 2.86. The van der Waals surface area contributed by atoms with Crippen molar-refractivity contribution in [3.8, 4) is 17.1 Å². The standard InChI is InChI=1S/C25H27N5O2S2/c1-5-12-30-22(16-7-9-17(32-4)10-8-16)28-29-25(30)33-15(3)21-26-23(31)20-18-11-6-14(2)13-19(18)34-24(20)27-21/h5,7-10,14-15H,1,6,11-13H2,2-4H3,(H,26,27,31). The number of benzene rings is 1. The molecule has 0 fully saturated rings. The molecule has 1 aliphatic carbocycles. The molecule has 7 nitrogen and oxygen atoms in total. The third-order valence-electron chi connectivity index (χ3n) is 6.23. The van der Waals surface area contributed by atoms with Crippen LogP contribution in [0.1, 0.15) is 41.8 Å². The van der Waals surface area contributed by atoms with Gasteiger partial charge in [-0.05, 0) is 61.9 Å². The van der Waals surface area contributed by atoms with Crippen LogP contribution in [-0.2, 0) is 19.4 Å². The van der Waals surface area contributed by atoms with Crippen LogP contribution in [0.15, 0.2) is 46.9 Å². The molecular weight excluding hydrogens is 466 g/mol. The number of nitrogens with one attached hydrogen (secondary N) is 1. The van der Waals surface area contributed by atoms with Crippen molar-refractivity contribution in [1.29, 1.82) is 0 Å². The highest BCUT2D eigenvalue weighted by molar-refractivity contribution is 7.99. The summed E-state index contributed by atoms with van der Waals surface area (Å²) in [6, 6.07) is 7.74. The lowest BCUT2D eigenvalue weighted by molar-refractivity contribution is 0.415. The summed E-state index contributed by atoms with van der Waals surface area (Å²) in [6.07, 6.45) is 4.95. The first kappa shape index (κ1) is 22.9. The summed E-state index contributed by atoms with van der Waals surface area (Å²) < 4.78 is 7.29. The van der Waals surface area contributed by atoms with Gasteiger partial charge in [-0.15, -0.1) is 28.1 Å². The Kier molecular flexibility index (Phi) is 6.31. The predicted octanol–water partition coefficient (Wildman–Crippen LogP) is 5.42. The van der Waals surface area contributed by atoms with E-state index in [9.17, 15) is 4.79 Å². The van der Waals surface area contributed by atoms with E-state index in [4.69, 9.17) is 9.72 Å². The van der Waals surface area contributed by atoms with Crippen LogP contribution in [0, 0.1) is 5.92 Å². The molecule has 9 heteroatoms. The lowest BCUT2D eigenvalue weighted by atomic mass is 9.89. The Balaban J connectivity index is 1.46. The molecule has 5 rings (SSSR count). The molecule has 0 bridgehead atoms. The smallest absolute Gasteiger partial charge is 0.259 e. The SMILES string of the molecule is C=CCn1c(SC(C)c2nc3sc4c(c3c(=O)[nH]2)CCC(C)C4)nnc1-c1ccc(OC)cc1. The molecule has 0 saturated carbocycles. The van der Waals surface area contributed by atoms with Crippen molar-refractivity contribution in [2.75, 3.05) is 7.11 Å². The Labute approximate surface area is 206 Å². The zero-order chi connectivity index (χ0) is 23.8. The number of hydrogen-bond acceptors (Lipinski definition) is 7. The molecule has 1 aliphatic rings. The highest BCUT2D eigenvalue weighted by atomic mass is 32.2. The van der Waals surface area contributed by atoms with Gasteiger partial charge in [-0.3, -0.25) is 9.36 Å². The average molecular weight is 494 g/mol. The van der Waals surface area contributed by atoms with Crippen LogP contribution in [-0.4, -0.2) is 31.8 Å². The van der Waals surface area contributed by atoms with Crippen molar-refractivity contribution in [3.05, 3.63) is 63.5 Å². The molecule has 2 atom stereocenters. The number of rotatable bonds is 7. The van der Waals surface area contributed by atoms with Crippen LogP contribution in [0.2, 0.25) is 0 Å². The number of allylic oxidation sites excluding steroid dienone is 1. The fraction of sp³-hybridized carbons (Fsp3) is 0.360. The molecule has 0 saturated heterocycles. The van der Waals surface area contributed by atoms with Gasteiger partial charge < -0.3 is 9.72 Å². The van der Waals surface area contributed by atoms with Crippen molar-refractivity contribution in [1.82, 2.24) is 24.7 Å². The summed E-state index contributed by atoms with van der Waals surface area (Å²) >= 11 is 3.20. The minimum Gasteiger partial charge on any atom is -0.497 e. The second kappa shape index (κ2) is 9.38. The summed E-state index contributed by atoms with van der Waals surface area (Å²) in [6.45, 7) is 8.77. The Morgan fingerprint density at radius 1 is 1.35 bits per heavy atom. The molecule has 4 aromatic rings. The fourth-order valence-corrected chi connectivity index (χ4v) is 6.70. The van der Waals surface area contributed by atoms with Crippen LogP contribution in [0.3, 0.4) is 0 Å². The molecule has 3 aromatic heterocycles. The van der Waals surface area contributed by atoms with E-state index in [-0.39, 0.29) is 10.8 Å². The number of aromatic amines is 1. The molecular formula is C25H27N5O2S2. The number of aromatic nitrogens is 5. The number of nitrogens with zero attached hydrogens (tertiary/aromatic N) is 4. The Morgan fingerprint density at radius 2 is 2.15 bits per heavy atom. The van der Waals surface area contributed by atoms with Crippen molar-refractivity contribution in [3.63, 3.8) is 0 Å². The number of aryl methyl sites for hydroxylation is 1. The number of fused-ring (bicyclic) bond motifs is 3. The molecule has 0 amide bonds. The molecule has 2 unspecified atom stereocenters. The minimum absolute atomic E-state index is 0.0361. The van der Waals surface area contributed by atoms with Crippen molar-refractivity contribution >= 4 is 33.3 Å². The second-order valence-corrected chi connectivity index (χ2v) is 11.1. The van der Waals surface area contributed by atoms with E-state index in [0.29, 0.717) is 18.3 Å². The second-order valence-electron chi connectivity index (χ2n) is 8.68.